The van der Waals surface area contributed by atoms with Crippen LogP contribution in [0.3, 0.4) is 0 Å². The number of hydrogen-bond donors (Lipinski definition) is 1. The van der Waals surface area contributed by atoms with Crippen LogP contribution < -0.4 is 5.48 Å². The summed E-state index contributed by atoms with van der Waals surface area (Å²) in [5, 5.41) is 0. The molecule has 0 aromatic carbocycles. The molecule has 0 rings (SSSR count). The molecule has 1 N–H and O–H groups in total. The van der Waals surface area contributed by atoms with E-state index in [4.69, 9.17) is 0 Å². The third-order valence-corrected chi connectivity index (χ3v) is 0.353. The van der Waals surface area contributed by atoms with Crippen LogP contribution in [0.2, 0.25) is 0 Å². The van der Waals surface area contributed by atoms with E-state index in [1.807, 2.05) is 13.0 Å². The summed E-state index contributed by atoms with van der Waals surface area (Å²) in [5.41, 5.74) is 2.52. The standard InChI is InChI=1S/C4H9NO/c1-3-4-5-6-2/h3-5H,1-2H3/b4-3+. The van der Waals surface area contributed by atoms with Crippen LogP contribution in [0.4, 0.5) is 0 Å². The first kappa shape index (κ1) is 5.50. The van der Waals surface area contributed by atoms with Crippen molar-refractivity contribution in [2.45, 2.75) is 6.92 Å². The summed E-state index contributed by atoms with van der Waals surface area (Å²) < 4.78 is 0. The first-order valence-electron chi connectivity index (χ1n) is 1.81. The Hall–Kier alpha value is -0.500. The summed E-state index contributed by atoms with van der Waals surface area (Å²) in [5.74, 6) is 0. The van der Waals surface area contributed by atoms with Crippen LogP contribution in [0.15, 0.2) is 12.3 Å². The second-order valence-electron chi connectivity index (χ2n) is 0.822. The number of nitrogens with one attached hydrogen (secondary N) is 1. The molecular weight excluding hydrogens is 78.0 g/mol. The van der Waals surface area contributed by atoms with Gasteiger partial charge in [0.25, 0.3) is 0 Å². The third kappa shape index (κ3) is 3.50. The van der Waals surface area contributed by atoms with E-state index < -0.39 is 0 Å². The average molecular weight is 87.1 g/mol. The molecule has 0 heterocycles. The van der Waals surface area contributed by atoms with E-state index in [2.05, 4.69) is 10.3 Å². The second kappa shape index (κ2) is 4.50. The van der Waals surface area contributed by atoms with Crippen LogP contribution in [0.5, 0.6) is 0 Å². The largest absolute Gasteiger partial charge is 0.280 e. The van der Waals surface area contributed by atoms with Gasteiger partial charge in [-0.15, -0.1) is 0 Å². The van der Waals surface area contributed by atoms with E-state index in [-0.39, 0.29) is 0 Å². The Kier molecular flexibility index (Phi) is 4.12. The van der Waals surface area contributed by atoms with Gasteiger partial charge in [0, 0.05) is 6.20 Å². The van der Waals surface area contributed by atoms with E-state index in [0.717, 1.165) is 0 Å². The van der Waals surface area contributed by atoms with Gasteiger partial charge in [-0.1, -0.05) is 6.08 Å². The molecule has 0 unspecified atom stereocenters. The van der Waals surface area contributed by atoms with Crippen molar-refractivity contribution in [3.05, 3.63) is 12.3 Å². The lowest BCUT2D eigenvalue weighted by atomic mass is 10.7. The maximum Gasteiger partial charge on any atom is 0.0636 e. The highest BCUT2D eigenvalue weighted by molar-refractivity contribution is 4.68. The highest BCUT2D eigenvalue weighted by Gasteiger charge is 1.56. The van der Waals surface area contributed by atoms with Gasteiger partial charge in [0.1, 0.15) is 0 Å². The maximum absolute atomic E-state index is 4.45. The summed E-state index contributed by atoms with van der Waals surface area (Å²) in [6.07, 6.45) is 3.56. The van der Waals surface area contributed by atoms with Gasteiger partial charge in [0.15, 0.2) is 0 Å². The molecule has 0 amide bonds. The fourth-order valence-corrected chi connectivity index (χ4v) is 0.136. The zero-order chi connectivity index (χ0) is 4.83. The van der Waals surface area contributed by atoms with Gasteiger partial charge in [0.2, 0.25) is 0 Å². The van der Waals surface area contributed by atoms with Crippen molar-refractivity contribution < 1.29 is 4.84 Å². The highest BCUT2D eigenvalue weighted by Crippen LogP contribution is 1.58. The topological polar surface area (TPSA) is 21.3 Å². The Morgan fingerprint density at radius 3 is 2.50 bits per heavy atom. The summed E-state index contributed by atoms with van der Waals surface area (Å²) in [7, 11) is 1.57. The Bertz CT molecular complexity index is 42.8. The van der Waals surface area contributed by atoms with Crippen molar-refractivity contribution in [1.29, 1.82) is 0 Å². The molecule has 0 aliphatic carbocycles. The first-order valence-corrected chi connectivity index (χ1v) is 1.81. The fraction of sp³-hybridized carbons (Fsp3) is 0.500. The van der Waals surface area contributed by atoms with Gasteiger partial charge < -0.3 is 0 Å². The molecule has 0 atom stereocenters. The second-order valence-corrected chi connectivity index (χ2v) is 0.822. The third-order valence-electron chi connectivity index (χ3n) is 0.353. The molecule has 0 spiro atoms. The van der Waals surface area contributed by atoms with E-state index in [1.54, 1.807) is 13.3 Å². The summed E-state index contributed by atoms with van der Waals surface area (Å²) >= 11 is 0. The number of hydrogen-bond acceptors (Lipinski definition) is 2. The lowest BCUT2D eigenvalue weighted by Crippen LogP contribution is -1.99. The Balaban J connectivity index is 2.66. The number of hydroxylamine groups is 1. The van der Waals surface area contributed by atoms with Gasteiger partial charge in [-0.3, -0.25) is 10.3 Å². The van der Waals surface area contributed by atoms with Crippen molar-refractivity contribution in [1.82, 2.24) is 5.48 Å². The molecule has 0 saturated heterocycles. The normalized spacial score (nSPS) is 9.67. The summed E-state index contributed by atoms with van der Waals surface area (Å²) in [6, 6.07) is 0. The zero-order valence-corrected chi connectivity index (χ0v) is 4.06. The monoisotopic (exact) mass is 87.1 g/mol. The van der Waals surface area contributed by atoms with Crippen LogP contribution in [0.25, 0.3) is 0 Å². The van der Waals surface area contributed by atoms with Crippen LogP contribution >= 0.6 is 0 Å². The zero-order valence-electron chi connectivity index (χ0n) is 4.06. The van der Waals surface area contributed by atoms with Gasteiger partial charge in [-0.25, -0.2) is 0 Å². The van der Waals surface area contributed by atoms with Gasteiger partial charge in [-0.2, -0.15) is 0 Å². The molecule has 0 aliphatic rings. The molecule has 36 valence electrons. The van der Waals surface area contributed by atoms with Gasteiger partial charge in [-0.05, 0) is 6.92 Å². The quantitative estimate of drug-likeness (QED) is 0.500. The SMILES string of the molecule is C/C=C/NOC. The number of allylic oxidation sites excluding steroid dienone is 1. The molecule has 0 aromatic heterocycles. The fourth-order valence-electron chi connectivity index (χ4n) is 0.136. The van der Waals surface area contributed by atoms with Crippen LogP contribution in [0.1, 0.15) is 6.92 Å². The number of rotatable bonds is 2. The van der Waals surface area contributed by atoms with Gasteiger partial charge >= 0.3 is 0 Å². The van der Waals surface area contributed by atoms with Crippen molar-refractivity contribution in [3.63, 3.8) is 0 Å². The highest BCUT2D eigenvalue weighted by atomic mass is 16.6. The summed E-state index contributed by atoms with van der Waals surface area (Å²) in [6.45, 7) is 1.91. The minimum Gasteiger partial charge on any atom is -0.280 e. The maximum atomic E-state index is 4.45. The summed E-state index contributed by atoms with van der Waals surface area (Å²) in [4.78, 5) is 4.45. The van der Waals surface area contributed by atoms with Crippen molar-refractivity contribution in [3.8, 4) is 0 Å². The molecule has 2 heteroatoms. The van der Waals surface area contributed by atoms with E-state index in [9.17, 15) is 0 Å². The molecular formula is C4H9NO. The van der Waals surface area contributed by atoms with E-state index in [1.165, 1.54) is 0 Å². The lowest BCUT2D eigenvalue weighted by molar-refractivity contribution is 0.128. The molecule has 0 saturated carbocycles. The molecule has 6 heavy (non-hydrogen) atoms. The van der Waals surface area contributed by atoms with Crippen molar-refractivity contribution in [2.75, 3.05) is 7.11 Å². The van der Waals surface area contributed by atoms with E-state index >= 15 is 0 Å². The van der Waals surface area contributed by atoms with Crippen LogP contribution in [-0.4, -0.2) is 7.11 Å². The molecule has 0 aromatic rings. The van der Waals surface area contributed by atoms with Gasteiger partial charge in [0.05, 0.1) is 7.11 Å². The van der Waals surface area contributed by atoms with Crippen molar-refractivity contribution >= 4 is 0 Å². The van der Waals surface area contributed by atoms with Crippen LogP contribution in [0, 0.1) is 0 Å². The van der Waals surface area contributed by atoms with E-state index in [0.29, 0.717) is 0 Å². The Morgan fingerprint density at radius 1 is 1.67 bits per heavy atom. The minimum atomic E-state index is 1.57. The molecule has 0 bridgehead atoms. The predicted molar refractivity (Wildman–Crippen MR) is 25.0 cm³/mol. The van der Waals surface area contributed by atoms with Crippen molar-refractivity contribution in [2.24, 2.45) is 0 Å². The molecule has 0 aliphatic heterocycles. The van der Waals surface area contributed by atoms with Crippen LogP contribution in [-0.2, 0) is 4.84 Å². The Labute approximate surface area is 37.8 Å². The average Bonchev–Trinajstić information content (AvgIpc) is 1.61. The molecule has 0 radical (unpaired) electrons. The molecule has 2 nitrogen and oxygen atoms in total. The first-order chi connectivity index (χ1) is 2.91. The predicted octanol–water partition coefficient (Wildman–Crippen LogP) is 0.671. The smallest absolute Gasteiger partial charge is 0.0636 e. The minimum absolute atomic E-state index is 1.57. The molecule has 0 fully saturated rings. The Morgan fingerprint density at radius 2 is 2.33 bits per heavy atom. The lowest BCUT2D eigenvalue weighted by Gasteiger charge is -1.87.